The molecule has 2 rings (SSSR count). The fourth-order valence-electron chi connectivity index (χ4n) is 2.55. The molecule has 1 heterocycles. The molecule has 2 aromatic rings. The van der Waals surface area contributed by atoms with E-state index in [4.69, 9.17) is 11.6 Å². The number of hydrogen-bond acceptors (Lipinski definition) is 2. The van der Waals surface area contributed by atoms with Gasteiger partial charge in [0.2, 0.25) is 0 Å². The second-order valence-corrected chi connectivity index (χ2v) is 5.74. The maximum absolute atomic E-state index is 10.3. The van der Waals surface area contributed by atoms with Crippen molar-refractivity contribution in [1.82, 2.24) is 9.78 Å². The van der Waals surface area contributed by atoms with Gasteiger partial charge in [0.25, 0.3) is 0 Å². The molecule has 0 aliphatic carbocycles. The van der Waals surface area contributed by atoms with E-state index in [0.29, 0.717) is 23.9 Å². The Morgan fingerprint density at radius 3 is 2.50 bits per heavy atom. The number of rotatable bonds is 5. The number of benzene rings is 1. The lowest BCUT2D eigenvalue weighted by Gasteiger charge is -2.17. The van der Waals surface area contributed by atoms with E-state index >= 15 is 0 Å². The number of aromatic nitrogens is 2. The minimum atomic E-state index is -0.411. The predicted octanol–water partition coefficient (Wildman–Crippen LogP) is 3.48. The average Bonchev–Trinajstić information content (AvgIpc) is 2.66. The van der Waals surface area contributed by atoms with Gasteiger partial charge >= 0.3 is 0 Å². The van der Waals surface area contributed by atoms with Crippen LogP contribution in [0.2, 0.25) is 5.15 Å². The van der Waals surface area contributed by atoms with E-state index in [0.717, 1.165) is 11.3 Å². The highest BCUT2D eigenvalue weighted by Gasteiger charge is 2.18. The van der Waals surface area contributed by atoms with E-state index in [1.54, 1.807) is 4.68 Å². The Morgan fingerprint density at radius 1 is 1.30 bits per heavy atom. The van der Waals surface area contributed by atoms with Crippen molar-refractivity contribution in [1.29, 1.82) is 0 Å². The summed E-state index contributed by atoms with van der Waals surface area (Å²) in [5.41, 5.74) is 3.09. The minimum absolute atomic E-state index is 0.321. The number of aliphatic hydroxyl groups is 1. The quantitative estimate of drug-likeness (QED) is 0.916. The van der Waals surface area contributed by atoms with Gasteiger partial charge in [0.05, 0.1) is 11.8 Å². The number of hydrogen-bond donors (Lipinski definition) is 1. The summed E-state index contributed by atoms with van der Waals surface area (Å²) in [6.07, 6.45) is 0.857. The van der Waals surface area contributed by atoms with Crippen molar-refractivity contribution in [3.8, 4) is 0 Å². The van der Waals surface area contributed by atoms with Crippen molar-refractivity contribution in [2.24, 2.45) is 7.05 Å². The van der Waals surface area contributed by atoms with Crippen LogP contribution in [0.5, 0.6) is 0 Å². The molecule has 20 heavy (non-hydrogen) atoms. The van der Waals surface area contributed by atoms with Crippen molar-refractivity contribution in [3.05, 3.63) is 52.3 Å². The monoisotopic (exact) mass is 292 g/mol. The summed E-state index contributed by atoms with van der Waals surface area (Å²) < 4.78 is 1.65. The third kappa shape index (κ3) is 3.41. The summed E-state index contributed by atoms with van der Waals surface area (Å²) in [6.45, 7) is 4.06. The Morgan fingerprint density at radius 2 is 1.95 bits per heavy atom. The van der Waals surface area contributed by atoms with Gasteiger partial charge in [-0.15, -0.1) is 0 Å². The van der Waals surface area contributed by atoms with Crippen LogP contribution in [-0.2, 0) is 13.5 Å². The maximum Gasteiger partial charge on any atom is 0.130 e. The lowest BCUT2D eigenvalue weighted by molar-refractivity contribution is 0.157. The van der Waals surface area contributed by atoms with Crippen LogP contribution in [0.25, 0.3) is 0 Å². The zero-order chi connectivity index (χ0) is 14.7. The van der Waals surface area contributed by atoms with Gasteiger partial charge in [-0.05, 0) is 24.8 Å². The van der Waals surface area contributed by atoms with Crippen molar-refractivity contribution in [3.63, 3.8) is 0 Å². The van der Waals surface area contributed by atoms with E-state index in [-0.39, 0.29) is 0 Å². The van der Waals surface area contributed by atoms with Crippen LogP contribution in [0.1, 0.15) is 36.1 Å². The molecule has 1 aromatic carbocycles. The van der Waals surface area contributed by atoms with Crippen molar-refractivity contribution < 1.29 is 5.11 Å². The number of nitrogens with zero attached hydrogens (tertiary/aromatic N) is 2. The molecule has 108 valence electrons. The highest BCUT2D eigenvalue weighted by Crippen LogP contribution is 2.25. The second kappa shape index (κ2) is 6.42. The van der Waals surface area contributed by atoms with Gasteiger partial charge in [0, 0.05) is 19.0 Å². The van der Waals surface area contributed by atoms with Gasteiger partial charge in [-0.2, -0.15) is 5.10 Å². The zero-order valence-corrected chi connectivity index (χ0v) is 12.9. The van der Waals surface area contributed by atoms with Crippen LogP contribution in [0, 0.1) is 6.92 Å². The van der Waals surface area contributed by atoms with Crippen molar-refractivity contribution in [2.75, 3.05) is 0 Å². The van der Waals surface area contributed by atoms with E-state index in [1.807, 2.05) is 32.2 Å². The Balaban J connectivity index is 2.00. The summed E-state index contributed by atoms with van der Waals surface area (Å²) in [6, 6.07) is 10.3. The van der Waals surface area contributed by atoms with Gasteiger partial charge in [-0.1, -0.05) is 48.9 Å². The SMILES string of the molecule is Cc1nn(C)c(Cl)c1CC(O)CC(C)c1ccccc1. The van der Waals surface area contributed by atoms with E-state index in [9.17, 15) is 5.11 Å². The fraction of sp³-hybridized carbons (Fsp3) is 0.438. The molecule has 4 heteroatoms. The predicted molar refractivity (Wildman–Crippen MR) is 82.1 cm³/mol. The molecule has 0 aliphatic rings. The molecule has 0 radical (unpaired) electrons. The summed E-state index contributed by atoms with van der Waals surface area (Å²) in [4.78, 5) is 0. The van der Waals surface area contributed by atoms with Crippen LogP contribution in [-0.4, -0.2) is 21.0 Å². The molecular weight excluding hydrogens is 272 g/mol. The molecule has 0 saturated carbocycles. The highest BCUT2D eigenvalue weighted by molar-refractivity contribution is 6.30. The topological polar surface area (TPSA) is 38.0 Å². The first-order chi connectivity index (χ1) is 9.49. The Bertz CT molecular complexity index is 565. The van der Waals surface area contributed by atoms with Gasteiger partial charge in [0.15, 0.2) is 0 Å². The first kappa shape index (κ1) is 15.1. The van der Waals surface area contributed by atoms with Crippen LogP contribution in [0.3, 0.4) is 0 Å². The third-order valence-corrected chi connectivity index (χ3v) is 4.18. The minimum Gasteiger partial charge on any atom is -0.393 e. The molecule has 2 atom stereocenters. The Labute approximate surface area is 125 Å². The average molecular weight is 293 g/mol. The molecule has 1 aromatic heterocycles. The van der Waals surface area contributed by atoms with Crippen LogP contribution in [0.15, 0.2) is 30.3 Å². The molecule has 1 N–H and O–H groups in total. The summed E-state index contributed by atoms with van der Waals surface area (Å²) in [7, 11) is 1.82. The van der Waals surface area contributed by atoms with Crippen molar-refractivity contribution >= 4 is 11.6 Å². The molecule has 2 unspecified atom stereocenters. The summed E-state index contributed by atoms with van der Waals surface area (Å²) >= 11 is 6.20. The first-order valence-electron chi connectivity index (χ1n) is 6.90. The summed E-state index contributed by atoms with van der Waals surface area (Å²) in [5, 5.41) is 15.2. The molecule has 0 amide bonds. The van der Waals surface area contributed by atoms with Crippen LogP contribution < -0.4 is 0 Å². The third-order valence-electron chi connectivity index (χ3n) is 3.70. The largest absolute Gasteiger partial charge is 0.393 e. The van der Waals surface area contributed by atoms with Crippen molar-refractivity contribution in [2.45, 2.75) is 38.7 Å². The molecule has 0 spiro atoms. The molecule has 0 fully saturated rings. The Hall–Kier alpha value is -1.32. The van der Waals surface area contributed by atoms with Gasteiger partial charge in [-0.25, -0.2) is 0 Å². The van der Waals surface area contributed by atoms with Crippen LogP contribution >= 0.6 is 11.6 Å². The maximum atomic E-state index is 10.3. The molecule has 0 aliphatic heterocycles. The number of aryl methyl sites for hydroxylation is 2. The molecule has 0 saturated heterocycles. The normalized spacial score (nSPS) is 14.2. The first-order valence-corrected chi connectivity index (χ1v) is 7.27. The standard InChI is InChI=1S/C16H21ClN2O/c1-11(13-7-5-4-6-8-13)9-14(20)10-15-12(2)18-19(3)16(15)17/h4-8,11,14,20H,9-10H2,1-3H3. The lowest BCUT2D eigenvalue weighted by Crippen LogP contribution is -2.14. The van der Waals surface area contributed by atoms with Gasteiger partial charge in [-0.3, -0.25) is 4.68 Å². The Kier molecular flexibility index (Phi) is 4.84. The molecular formula is C16H21ClN2O. The molecule has 3 nitrogen and oxygen atoms in total. The van der Waals surface area contributed by atoms with Crippen LogP contribution in [0.4, 0.5) is 0 Å². The van der Waals surface area contributed by atoms with E-state index in [1.165, 1.54) is 5.56 Å². The summed E-state index contributed by atoms with van der Waals surface area (Å²) in [5.74, 6) is 0.321. The van der Waals surface area contributed by atoms with E-state index in [2.05, 4.69) is 24.2 Å². The second-order valence-electron chi connectivity index (χ2n) is 5.38. The fourth-order valence-corrected chi connectivity index (χ4v) is 2.80. The molecule has 0 bridgehead atoms. The lowest BCUT2D eigenvalue weighted by atomic mass is 9.93. The van der Waals surface area contributed by atoms with Gasteiger partial charge in [0.1, 0.15) is 5.15 Å². The smallest absolute Gasteiger partial charge is 0.130 e. The van der Waals surface area contributed by atoms with E-state index < -0.39 is 6.10 Å². The highest BCUT2D eigenvalue weighted by atomic mass is 35.5. The number of aliphatic hydroxyl groups excluding tert-OH is 1. The zero-order valence-electron chi connectivity index (χ0n) is 12.2. The number of halogens is 1. The van der Waals surface area contributed by atoms with Gasteiger partial charge < -0.3 is 5.11 Å².